The highest BCUT2D eigenvalue weighted by atomic mass is 32.1. The largest absolute Gasteiger partial charge is 0.497 e. The predicted molar refractivity (Wildman–Crippen MR) is 131 cm³/mol. The van der Waals surface area contributed by atoms with Crippen molar-refractivity contribution < 1.29 is 9.53 Å². The Kier molecular flexibility index (Phi) is 5.91. The fourth-order valence-corrected chi connectivity index (χ4v) is 5.86. The molecule has 5 rings (SSSR count). The second kappa shape index (κ2) is 8.98. The van der Waals surface area contributed by atoms with Crippen molar-refractivity contribution in [3.8, 4) is 5.75 Å². The van der Waals surface area contributed by atoms with Gasteiger partial charge in [0, 0.05) is 51.0 Å². The standard InChI is InChI=1S/C25H30N4O2S/c1-18-8-9-22-23(15-18)32-25(26-22)29-10-4-5-19(17-29)24(30)28-13-11-27(12-14-28)20-6-3-7-21(16-20)31-2/h3,6-9,15-16,19H,4-5,10-14,17H2,1-2H3. The third-order valence-electron chi connectivity index (χ3n) is 6.58. The number of piperidine rings is 1. The summed E-state index contributed by atoms with van der Waals surface area (Å²) in [5.74, 6) is 1.23. The number of aromatic nitrogens is 1. The number of fused-ring (bicyclic) bond motifs is 1. The molecule has 1 aromatic heterocycles. The number of piperazine rings is 1. The second-order valence-corrected chi connectivity index (χ2v) is 9.78. The van der Waals surface area contributed by atoms with Gasteiger partial charge >= 0.3 is 0 Å². The zero-order valence-electron chi connectivity index (χ0n) is 18.8. The van der Waals surface area contributed by atoms with Crippen LogP contribution in [0.15, 0.2) is 42.5 Å². The van der Waals surface area contributed by atoms with Crippen molar-refractivity contribution in [2.24, 2.45) is 5.92 Å². The maximum Gasteiger partial charge on any atom is 0.227 e. The van der Waals surface area contributed by atoms with Crippen LogP contribution in [0.5, 0.6) is 5.75 Å². The minimum Gasteiger partial charge on any atom is -0.497 e. The molecule has 3 heterocycles. The van der Waals surface area contributed by atoms with E-state index in [-0.39, 0.29) is 5.92 Å². The van der Waals surface area contributed by atoms with Gasteiger partial charge in [0.25, 0.3) is 0 Å². The zero-order valence-corrected chi connectivity index (χ0v) is 19.6. The third-order valence-corrected chi connectivity index (χ3v) is 7.66. The molecule has 2 fully saturated rings. The van der Waals surface area contributed by atoms with Crippen LogP contribution < -0.4 is 14.5 Å². The molecule has 0 spiro atoms. The molecule has 0 saturated carbocycles. The maximum atomic E-state index is 13.3. The van der Waals surface area contributed by atoms with E-state index in [1.54, 1.807) is 18.4 Å². The van der Waals surface area contributed by atoms with Crippen molar-refractivity contribution in [3.63, 3.8) is 0 Å². The van der Waals surface area contributed by atoms with E-state index >= 15 is 0 Å². The fourth-order valence-electron chi connectivity index (χ4n) is 4.76. The molecule has 1 atom stereocenters. The van der Waals surface area contributed by atoms with Crippen LogP contribution >= 0.6 is 11.3 Å². The molecule has 1 unspecified atom stereocenters. The third kappa shape index (κ3) is 4.26. The Bertz CT molecular complexity index is 1110. The minimum atomic E-state index is 0.0564. The van der Waals surface area contributed by atoms with Gasteiger partial charge in [-0.15, -0.1) is 0 Å². The summed E-state index contributed by atoms with van der Waals surface area (Å²) in [5.41, 5.74) is 3.47. The van der Waals surface area contributed by atoms with Crippen molar-refractivity contribution in [1.82, 2.24) is 9.88 Å². The van der Waals surface area contributed by atoms with E-state index in [2.05, 4.69) is 52.0 Å². The molecule has 0 N–H and O–H groups in total. The molecule has 0 bridgehead atoms. The van der Waals surface area contributed by atoms with E-state index in [1.165, 1.54) is 10.3 Å². The smallest absolute Gasteiger partial charge is 0.227 e. The summed E-state index contributed by atoms with van der Waals surface area (Å²) in [5, 5.41) is 1.05. The first-order valence-electron chi connectivity index (χ1n) is 11.4. The number of nitrogens with zero attached hydrogens (tertiary/aromatic N) is 4. The van der Waals surface area contributed by atoms with Crippen LogP contribution in [0, 0.1) is 12.8 Å². The van der Waals surface area contributed by atoms with E-state index in [4.69, 9.17) is 9.72 Å². The average molecular weight is 451 g/mol. The topological polar surface area (TPSA) is 48.9 Å². The number of hydrogen-bond acceptors (Lipinski definition) is 6. The monoisotopic (exact) mass is 450 g/mol. The SMILES string of the molecule is COc1cccc(N2CCN(C(=O)C3CCCN(c4nc5ccc(C)cc5s4)C3)CC2)c1. The number of benzene rings is 2. The van der Waals surface area contributed by atoms with E-state index in [0.717, 1.165) is 74.2 Å². The zero-order chi connectivity index (χ0) is 22.1. The summed E-state index contributed by atoms with van der Waals surface area (Å²) >= 11 is 1.74. The van der Waals surface area contributed by atoms with Crippen LogP contribution in [-0.2, 0) is 4.79 Å². The molecular formula is C25H30N4O2S. The number of amides is 1. The van der Waals surface area contributed by atoms with Gasteiger partial charge in [-0.3, -0.25) is 4.79 Å². The molecule has 168 valence electrons. The van der Waals surface area contributed by atoms with Crippen molar-refractivity contribution in [2.75, 3.05) is 56.2 Å². The number of carbonyl (C=O) groups is 1. The number of methoxy groups -OCH3 is 1. The molecule has 0 radical (unpaired) electrons. The summed E-state index contributed by atoms with van der Waals surface area (Å²) in [7, 11) is 1.69. The Labute approximate surface area is 193 Å². The molecule has 32 heavy (non-hydrogen) atoms. The highest BCUT2D eigenvalue weighted by Gasteiger charge is 2.32. The Morgan fingerprint density at radius 2 is 1.91 bits per heavy atom. The molecule has 2 aliphatic heterocycles. The lowest BCUT2D eigenvalue weighted by Gasteiger charge is -2.39. The first kappa shape index (κ1) is 21.1. The lowest BCUT2D eigenvalue weighted by Crippen LogP contribution is -2.52. The van der Waals surface area contributed by atoms with Crippen molar-refractivity contribution in [2.45, 2.75) is 19.8 Å². The molecule has 2 saturated heterocycles. The molecule has 6 nitrogen and oxygen atoms in total. The number of anilines is 2. The summed E-state index contributed by atoms with van der Waals surface area (Å²) in [6, 6.07) is 14.6. The first-order valence-corrected chi connectivity index (χ1v) is 12.2. The molecule has 0 aliphatic carbocycles. The van der Waals surface area contributed by atoms with Gasteiger partial charge in [0.15, 0.2) is 5.13 Å². The van der Waals surface area contributed by atoms with Gasteiger partial charge in [0.1, 0.15) is 5.75 Å². The number of thiazole rings is 1. The van der Waals surface area contributed by atoms with Gasteiger partial charge in [-0.1, -0.05) is 23.5 Å². The lowest BCUT2D eigenvalue weighted by atomic mass is 9.96. The van der Waals surface area contributed by atoms with Gasteiger partial charge in [-0.25, -0.2) is 4.98 Å². The van der Waals surface area contributed by atoms with Crippen LogP contribution in [0.25, 0.3) is 10.2 Å². The molecule has 3 aromatic rings. The molecule has 7 heteroatoms. The number of ether oxygens (including phenoxy) is 1. The van der Waals surface area contributed by atoms with E-state index in [1.807, 2.05) is 12.1 Å². The van der Waals surface area contributed by atoms with Crippen LogP contribution in [0.4, 0.5) is 10.8 Å². The van der Waals surface area contributed by atoms with Crippen molar-refractivity contribution in [1.29, 1.82) is 0 Å². The van der Waals surface area contributed by atoms with E-state index < -0.39 is 0 Å². The highest BCUT2D eigenvalue weighted by molar-refractivity contribution is 7.22. The van der Waals surface area contributed by atoms with Crippen LogP contribution in [0.2, 0.25) is 0 Å². The first-order chi connectivity index (χ1) is 15.6. The van der Waals surface area contributed by atoms with Gasteiger partial charge in [0.2, 0.25) is 5.91 Å². The highest BCUT2D eigenvalue weighted by Crippen LogP contribution is 2.32. The average Bonchev–Trinajstić information content (AvgIpc) is 3.27. The van der Waals surface area contributed by atoms with Crippen LogP contribution in [0.1, 0.15) is 18.4 Å². The van der Waals surface area contributed by atoms with Gasteiger partial charge in [-0.05, 0) is 49.6 Å². The van der Waals surface area contributed by atoms with E-state index in [0.29, 0.717) is 5.91 Å². The summed E-state index contributed by atoms with van der Waals surface area (Å²) in [6.45, 7) is 7.11. The summed E-state index contributed by atoms with van der Waals surface area (Å²) < 4.78 is 6.58. The van der Waals surface area contributed by atoms with Gasteiger partial charge < -0.3 is 19.4 Å². The number of aryl methyl sites for hydroxylation is 1. The van der Waals surface area contributed by atoms with Gasteiger partial charge in [-0.2, -0.15) is 0 Å². The van der Waals surface area contributed by atoms with Crippen LogP contribution in [-0.4, -0.2) is 62.2 Å². The second-order valence-electron chi connectivity index (χ2n) is 8.77. The Hall–Kier alpha value is -2.80. The summed E-state index contributed by atoms with van der Waals surface area (Å²) in [4.78, 5) is 24.9. The lowest BCUT2D eigenvalue weighted by molar-refractivity contribution is -0.136. The molecule has 1 amide bonds. The fraction of sp³-hybridized carbons (Fsp3) is 0.440. The Balaban J connectivity index is 1.21. The Morgan fingerprint density at radius 1 is 1.06 bits per heavy atom. The maximum absolute atomic E-state index is 13.3. The van der Waals surface area contributed by atoms with Gasteiger partial charge in [0.05, 0.1) is 23.2 Å². The Morgan fingerprint density at radius 3 is 2.72 bits per heavy atom. The van der Waals surface area contributed by atoms with Crippen LogP contribution in [0.3, 0.4) is 0 Å². The van der Waals surface area contributed by atoms with Crippen molar-refractivity contribution >= 4 is 38.3 Å². The molecular weight excluding hydrogens is 420 g/mol. The summed E-state index contributed by atoms with van der Waals surface area (Å²) in [6.07, 6.45) is 2.00. The predicted octanol–water partition coefficient (Wildman–Crippen LogP) is 4.18. The number of carbonyl (C=O) groups excluding carboxylic acids is 1. The quantitative estimate of drug-likeness (QED) is 0.597. The molecule has 2 aliphatic rings. The normalized spacial score (nSPS) is 19.4. The van der Waals surface area contributed by atoms with E-state index in [9.17, 15) is 4.79 Å². The van der Waals surface area contributed by atoms with Crippen molar-refractivity contribution in [3.05, 3.63) is 48.0 Å². The number of rotatable bonds is 4. The minimum absolute atomic E-state index is 0.0564. The molecule has 2 aromatic carbocycles. The number of hydrogen-bond donors (Lipinski definition) is 0.